The smallest absolute Gasteiger partial charge is 0.180 e. The third-order valence-corrected chi connectivity index (χ3v) is 19.6. The van der Waals surface area contributed by atoms with Gasteiger partial charge in [-0.2, -0.15) is 0 Å². The number of hydrogen-bond acceptors (Lipinski definition) is 0. The highest BCUT2D eigenvalue weighted by molar-refractivity contribution is 7.20. The number of hydrogen-bond donors (Lipinski definition) is 0. The summed E-state index contributed by atoms with van der Waals surface area (Å²) in [7, 11) is -3.01. The van der Waals surface area contributed by atoms with E-state index in [-0.39, 0.29) is 0 Å². The van der Waals surface area contributed by atoms with Crippen LogP contribution >= 0.6 is 0 Å². The summed E-state index contributed by atoms with van der Waals surface area (Å²) < 4.78 is 7.53. The Bertz CT molecular complexity index is 4110. The van der Waals surface area contributed by atoms with Crippen LogP contribution in [0.4, 0.5) is 0 Å². The zero-order chi connectivity index (χ0) is 46.2. The first-order chi connectivity index (χ1) is 34.8. The maximum absolute atomic E-state index is 3.01. The minimum Gasteiger partial charge on any atom is -0.309 e. The molecule has 14 rings (SSSR count). The fraction of sp³-hybridized carbons (Fsp3) is 0. The molecule has 0 aliphatic heterocycles. The van der Waals surface area contributed by atoms with E-state index in [9.17, 15) is 0 Å². The van der Waals surface area contributed by atoms with E-state index >= 15 is 0 Å². The fourth-order valence-corrected chi connectivity index (χ4v) is 16.9. The van der Waals surface area contributed by atoms with Crippen molar-refractivity contribution in [1.82, 2.24) is 13.7 Å². The molecule has 0 amide bonds. The average molecular weight is 908 g/mol. The van der Waals surface area contributed by atoms with E-state index < -0.39 is 8.07 Å². The summed E-state index contributed by atoms with van der Waals surface area (Å²) >= 11 is 0. The van der Waals surface area contributed by atoms with Gasteiger partial charge in [0.2, 0.25) is 0 Å². The van der Waals surface area contributed by atoms with Crippen LogP contribution in [0.3, 0.4) is 0 Å². The highest BCUT2D eigenvalue weighted by Gasteiger charge is 2.43. The van der Waals surface area contributed by atoms with Gasteiger partial charge >= 0.3 is 0 Å². The normalized spacial score (nSPS) is 12.0. The molecule has 0 N–H and O–H groups in total. The maximum atomic E-state index is 2.59. The largest absolute Gasteiger partial charge is 0.309 e. The molecule has 0 aliphatic rings. The second-order valence-corrected chi connectivity index (χ2v) is 22.2. The van der Waals surface area contributed by atoms with E-state index in [1.165, 1.54) is 91.8 Å². The zero-order valence-electron chi connectivity index (χ0n) is 38.3. The molecule has 0 saturated heterocycles. The summed E-state index contributed by atoms with van der Waals surface area (Å²) in [6.07, 6.45) is 0. The first-order valence-corrected chi connectivity index (χ1v) is 26.2. The van der Waals surface area contributed by atoms with E-state index in [4.69, 9.17) is 0 Å². The topological polar surface area (TPSA) is 14.8 Å². The number of nitrogens with zero attached hydrogens (tertiary/aromatic N) is 3. The number of rotatable bonds is 8. The van der Waals surface area contributed by atoms with E-state index in [0.29, 0.717) is 0 Å². The van der Waals surface area contributed by atoms with Gasteiger partial charge < -0.3 is 13.7 Å². The van der Waals surface area contributed by atoms with E-state index in [0.717, 1.165) is 22.6 Å². The van der Waals surface area contributed by atoms with Gasteiger partial charge in [0.25, 0.3) is 0 Å². The lowest BCUT2D eigenvalue weighted by atomic mass is 10.1. The van der Waals surface area contributed by atoms with Gasteiger partial charge in [-0.25, -0.2) is 0 Å². The fourth-order valence-electron chi connectivity index (χ4n) is 11.9. The van der Waals surface area contributed by atoms with Gasteiger partial charge in [0, 0.05) is 43.7 Å². The van der Waals surface area contributed by atoms with Crippen LogP contribution < -0.4 is 20.7 Å². The first kappa shape index (κ1) is 40.1. The Morgan fingerprint density at radius 1 is 0.257 bits per heavy atom. The van der Waals surface area contributed by atoms with Crippen LogP contribution in [0, 0.1) is 0 Å². The molecule has 3 nitrogen and oxygen atoms in total. The third-order valence-electron chi connectivity index (χ3n) is 14.8. The molecule has 0 bridgehead atoms. The van der Waals surface area contributed by atoms with Crippen molar-refractivity contribution in [2.45, 2.75) is 0 Å². The van der Waals surface area contributed by atoms with Crippen LogP contribution in [0.5, 0.6) is 0 Å². The molecule has 14 aromatic rings. The monoisotopic (exact) mass is 907 g/mol. The minimum atomic E-state index is -3.01. The molecule has 0 spiro atoms. The molecular weight excluding hydrogens is 863 g/mol. The summed E-state index contributed by atoms with van der Waals surface area (Å²) in [6, 6.07) is 101. The molecule has 0 unspecified atom stereocenters. The van der Waals surface area contributed by atoms with Gasteiger partial charge in [0.05, 0.1) is 38.8 Å². The zero-order valence-corrected chi connectivity index (χ0v) is 39.3. The standard InChI is InChI=1S/C66H45N3Si/c1-5-21-46(22-6-1)47-39-41-48(42-40-47)68-60-35-18-15-31-55(60)56-32-19-37-62(66(56)68)69-61-36-20-38-64(70(50-23-7-2-8-24-50,51-25-9-3-10-26-51)52-27-11-4-12-28-52)65(61)57-44-43-49(45-63(57)69)67-58-33-16-13-29-53(58)54-30-14-17-34-59(54)67/h1-45H. The van der Waals surface area contributed by atoms with Crippen LogP contribution in [0.2, 0.25) is 0 Å². The third kappa shape index (κ3) is 5.94. The van der Waals surface area contributed by atoms with Gasteiger partial charge in [-0.05, 0) is 86.5 Å². The van der Waals surface area contributed by atoms with Crippen molar-refractivity contribution in [1.29, 1.82) is 0 Å². The molecule has 0 aliphatic carbocycles. The lowest BCUT2D eigenvalue weighted by Gasteiger charge is -2.35. The Hall–Kier alpha value is -8.96. The summed E-state index contributed by atoms with van der Waals surface area (Å²) in [5.41, 5.74) is 12.8. The summed E-state index contributed by atoms with van der Waals surface area (Å²) in [5, 5.41) is 12.9. The second kappa shape index (κ2) is 16.1. The molecule has 0 atom stereocenters. The van der Waals surface area contributed by atoms with Crippen molar-refractivity contribution in [2.75, 3.05) is 0 Å². The van der Waals surface area contributed by atoms with Crippen LogP contribution in [0.15, 0.2) is 273 Å². The lowest BCUT2D eigenvalue weighted by molar-refractivity contribution is 1.12. The van der Waals surface area contributed by atoms with Gasteiger partial charge in [-0.3, -0.25) is 0 Å². The van der Waals surface area contributed by atoms with E-state index in [2.05, 4.69) is 287 Å². The van der Waals surface area contributed by atoms with E-state index in [1.807, 2.05) is 0 Å². The van der Waals surface area contributed by atoms with Gasteiger partial charge in [0.1, 0.15) is 0 Å². The second-order valence-electron chi connectivity index (χ2n) is 18.4. The van der Waals surface area contributed by atoms with Gasteiger partial charge in [-0.15, -0.1) is 0 Å². The lowest BCUT2D eigenvalue weighted by Crippen LogP contribution is -2.74. The summed E-state index contributed by atoms with van der Waals surface area (Å²) in [5.74, 6) is 0. The molecule has 0 radical (unpaired) electrons. The predicted octanol–water partition coefficient (Wildman–Crippen LogP) is 14.0. The molecule has 11 aromatic carbocycles. The number of aromatic nitrogens is 3. The summed E-state index contributed by atoms with van der Waals surface area (Å²) in [6.45, 7) is 0. The van der Waals surface area contributed by atoms with Crippen molar-refractivity contribution in [2.24, 2.45) is 0 Å². The Balaban J connectivity index is 1.14. The maximum Gasteiger partial charge on any atom is 0.180 e. The molecule has 0 fully saturated rings. The van der Waals surface area contributed by atoms with Crippen LogP contribution in [0.1, 0.15) is 0 Å². The molecule has 3 heterocycles. The Labute approximate surface area is 407 Å². The van der Waals surface area contributed by atoms with Gasteiger partial charge in [0.15, 0.2) is 8.07 Å². The van der Waals surface area contributed by atoms with Crippen LogP contribution in [-0.2, 0) is 0 Å². The Morgan fingerprint density at radius 2 is 0.700 bits per heavy atom. The molecule has 0 saturated carbocycles. The van der Waals surface area contributed by atoms with Crippen LogP contribution in [-0.4, -0.2) is 21.8 Å². The predicted molar refractivity (Wildman–Crippen MR) is 299 cm³/mol. The number of para-hydroxylation sites is 4. The quantitative estimate of drug-likeness (QED) is 0.107. The van der Waals surface area contributed by atoms with Crippen LogP contribution in [0.25, 0.3) is 93.6 Å². The molecule has 70 heavy (non-hydrogen) atoms. The van der Waals surface area contributed by atoms with Crippen molar-refractivity contribution >= 4 is 94.2 Å². The number of fused-ring (bicyclic) bond motifs is 9. The Kier molecular flexibility index (Phi) is 9.23. The SMILES string of the molecule is c1ccc(-c2ccc(-n3c4ccccc4c4cccc(-n5c6cc(-n7c8ccccc8c8ccccc87)ccc6c6c([Si](c7ccccc7)(c7ccccc7)c7ccccc7)cccc65)c43)cc2)cc1. The minimum absolute atomic E-state index is 1.12. The van der Waals surface area contributed by atoms with Crippen molar-refractivity contribution < 1.29 is 0 Å². The van der Waals surface area contributed by atoms with Crippen molar-refractivity contribution in [3.8, 4) is 28.2 Å². The highest BCUT2D eigenvalue weighted by atomic mass is 28.3. The molecule has 4 heteroatoms. The van der Waals surface area contributed by atoms with Crippen molar-refractivity contribution in [3.05, 3.63) is 273 Å². The molecule has 328 valence electrons. The average Bonchev–Trinajstić information content (AvgIpc) is 4.08. The molecular formula is C66H45N3Si. The summed E-state index contributed by atoms with van der Waals surface area (Å²) in [4.78, 5) is 0. The number of benzene rings is 11. The van der Waals surface area contributed by atoms with Gasteiger partial charge in [-0.1, -0.05) is 218 Å². The Morgan fingerprint density at radius 3 is 1.29 bits per heavy atom. The molecule has 3 aromatic heterocycles. The first-order valence-electron chi connectivity index (χ1n) is 24.2. The van der Waals surface area contributed by atoms with E-state index in [1.54, 1.807) is 0 Å². The van der Waals surface area contributed by atoms with Crippen molar-refractivity contribution in [3.63, 3.8) is 0 Å². The highest BCUT2D eigenvalue weighted by Crippen LogP contribution is 2.41.